The SMILES string of the molecule is CCn1c(CNC(=O)c2ccccc2F)nnc1SCC(=O)Nc1cc([N+](=O)[O-])ccc1Cl. The standard InChI is InChI=1S/C20H18ClFN6O4S/c1-2-27-17(10-23-19(30)13-5-3-4-6-15(13)22)25-26-20(27)33-11-18(29)24-16-9-12(28(31)32)7-8-14(16)21/h3-9H,2,10-11H2,1H3,(H,23,30)(H,24,29). The van der Waals surface area contributed by atoms with Crippen LogP contribution in [0.3, 0.4) is 0 Å². The molecule has 0 bridgehead atoms. The van der Waals surface area contributed by atoms with Crippen LogP contribution >= 0.6 is 23.4 Å². The molecule has 0 aliphatic carbocycles. The number of anilines is 1. The first kappa shape index (κ1) is 24.1. The molecule has 0 unspecified atom stereocenters. The van der Waals surface area contributed by atoms with Crippen LogP contribution in [0.1, 0.15) is 23.1 Å². The third-order valence-corrected chi connectivity index (χ3v) is 5.70. The van der Waals surface area contributed by atoms with Crippen LogP contribution in [0.2, 0.25) is 5.02 Å². The number of nitro groups is 1. The summed E-state index contributed by atoms with van der Waals surface area (Å²) in [5.74, 6) is -1.27. The van der Waals surface area contributed by atoms with Gasteiger partial charge in [0.2, 0.25) is 5.91 Å². The van der Waals surface area contributed by atoms with E-state index < -0.39 is 22.6 Å². The van der Waals surface area contributed by atoms with Gasteiger partial charge in [0.05, 0.1) is 33.5 Å². The third-order valence-electron chi connectivity index (χ3n) is 4.40. The Bertz CT molecular complexity index is 1210. The summed E-state index contributed by atoms with van der Waals surface area (Å²) >= 11 is 7.10. The minimum atomic E-state index is -0.627. The predicted molar refractivity (Wildman–Crippen MR) is 121 cm³/mol. The monoisotopic (exact) mass is 492 g/mol. The second kappa shape index (κ2) is 10.9. The first-order valence-electron chi connectivity index (χ1n) is 9.61. The predicted octanol–water partition coefficient (Wildman–Crippen LogP) is 3.66. The van der Waals surface area contributed by atoms with E-state index in [-0.39, 0.29) is 34.3 Å². The Hall–Kier alpha value is -3.51. The number of hydrogen-bond donors (Lipinski definition) is 2. The minimum Gasteiger partial charge on any atom is -0.345 e. The van der Waals surface area contributed by atoms with Crippen molar-refractivity contribution in [1.82, 2.24) is 20.1 Å². The topological polar surface area (TPSA) is 132 Å². The molecule has 3 rings (SSSR count). The average molecular weight is 493 g/mol. The molecule has 2 N–H and O–H groups in total. The Kier molecular flexibility index (Phi) is 7.96. The number of halogens is 2. The fraction of sp³-hybridized carbons (Fsp3) is 0.200. The molecule has 172 valence electrons. The van der Waals surface area contributed by atoms with Gasteiger partial charge in [0.25, 0.3) is 11.6 Å². The summed E-state index contributed by atoms with van der Waals surface area (Å²) in [4.78, 5) is 34.8. The van der Waals surface area contributed by atoms with Crippen molar-refractivity contribution in [3.05, 3.63) is 74.8 Å². The van der Waals surface area contributed by atoms with Crippen molar-refractivity contribution in [1.29, 1.82) is 0 Å². The Morgan fingerprint density at radius 2 is 2.00 bits per heavy atom. The highest BCUT2D eigenvalue weighted by Gasteiger charge is 2.17. The van der Waals surface area contributed by atoms with E-state index in [0.29, 0.717) is 17.5 Å². The second-order valence-corrected chi connectivity index (χ2v) is 7.91. The van der Waals surface area contributed by atoms with Crippen LogP contribution in [0.4, 0.5) is 15.8 Å². The molecular formula is C20H18ClFN6O4S. The largest absolute Gasteiger partial charge is 0.345 e. The van der Waals surface area contributed by atoms with Gasteiger partial charge in [-0.1, -0.05) is 35.5 Å². The molecule has 0 aliphatic heterocycles. The maximum Gasteiger partial charge on any atom is 0.271 e. The van der Waals surface area contributed by atoms with Gasteiger partial charge in [-0.05, 0) is 25.1 Å². The summed E-state index contributed by atoms with van der Waals surface area (Å²) in [5, 5.41) is 24.7. The molecular weight excluding hydrogens is 475 g/mol. The zero-order valence-corrected chi connectivity index (χ0v) is 18.8. The fourth-order valence-electron chi connectivity index (χ4n) is 2.81. The Balaban J connectivity index is 1.60. The van der Waals surface area contributed by atoms with Gasteiger partial charge in [0, 0.05) is 18.7 Å². The van der Waals surface area contributed by atoms with Gasteiger partial charge in [0.15, 0.2) is 11.0 Å². The summed E-state index contributed by atoms with van der Waals surface area (Å²) in [5.41, 5.74) is -0.147. The molecule has 0 aliphatic rings. The van der Waals surface area contributed by atoms with Gasteiger partial charge < -0.3 is 15.2 Å². The zero-order chi connectivity index (χ0) is 24.0. The van der Waals surface area contributed by atoms with Crippen LogP contribution in [0, 0.1) is 15.9 Å². The van der Waals surface area contributed by atoms with Crippen molar-refractivity contribution in [2.75, 3.05) is 11.1 Å². The summed E-state index contributed by atoms with van der Waals surface area (Å²) in [7, 11) is 0. The molecule has 0 spiro atoms. The second-order valence-electron chi connectivity index (χ2n) is 6.56. The van der Waals surface area contributed by atoms with Crippen LogP contribution < -0.4 is 10.6 Å². The van der Waals surface area contributed by atoms with Crippen LogP contribution in [-0.4, -0.2) is 37.3 Å². The Morgan fingerprint density at radius 1 is 1.24 bits per heavy atom. The number of rotatable bonds is 9. The van der Waals surface area contributed by atoms with E-state index in [2.05, 4.69) is 20.8 Å². The number of thioether (sulfide) groups is 1. The quantitative estimate of drug-likeness (QED) is 0.264. The fourth-order valence-corrected chi connectivity index (χ4v) is 3.80. The number of amides is 2. The van der Waals surface area contributed by atoms with E-state index in [4.69, 9.17) is 11.6 Å². The minimum absolute atomic E-state index is 0.0179. The summed E-state index contributed by atoms with van der Waals surface area (Å²) < 4.78 is 15.5. The van der Waals surface area contributed by atoms with Gasteiger partial charge in [0.1, 0.15) is 5.82 Å². The third kappa shape index (κ3) is 6.05. The summed E-state index contributed by atoms with van der Waals surface area (Å²) in [6.45, 7) is 2.33. The van der Waals surface area contributed by atoms with Crippen molar-refractivity contribution in [3.63, 3.8) is 0 Å². The van der Waals surface area contributed by atoms with Crippen molar-refractivity contribution in [3.8, 4) is 0 Å². The molecule has 2 amide bonds. The molecule has 0 radical (unpaired) electrons. The lowest BCUT2D eigenvalue weighted by molar-refractivity contribution is -0.384. The number of nitrogens with zero attached hydrogens (tertiary/aromatic N) is 4. The maximum absolute atomic E-state index is 13.8. The highest BCUT2D eigenvalue weighted by Crippen LogP contribution is 2.27. The number of non-ortho nitro benzene ring substituents is 1. The lowest BCUT2D eigenvalue weighted by atomic mass is 10.2. The van der Waals surface area contributed by atoms with Gasteiger partial charge in [-0.15, -0.1) is 10.2 Å². The smallest absolute Gasteiger partial charge is 0.271 e. The molecule has 13 heteroatoms. The van der Waals surface area contributed by atoms with Gasteiger partial charge in [-0.2, -0.15) is 0 Å². The highest BCUT2D eigenvalue weighted by molar-refractivity contribution is 7.99. The van der Waals surface area contributed by atoms with Crippen molar-refractivity contribution in [2.45, 2.75) is 25.2 Å². The van der Waals surface area contributed by atoms with E-state index in [9.17, 15) is 24.1 Å². The molecule has 1 heterocycles. The molecule has 2 aromatic carbocycles. The molecule has 33 heavy (non-hydrogen) atoms. The number of benzene rings is 2. The van der Waals surface area contributed by atoms with Crippen LogP contribution in [0.25, 0.3) is 0 Å². The zero-order valence-electron chi connectivity index (χ0n) is 17.2. The number of nitro benzene ring substituents is 1. The van der Waals surface area contributed by atoms with Gasteiger partial charge in [-0.3, -0.25) is 19.7 Å². The number of nitrogens with one attached hydrogen (secondary N) is 2. The van der Waals surface area contributed by atoms with Gasteiger partial charge in [-0.25, -0.2) is 4.39 Å². The van der Waals surface area contributed by atoms with Crippen molar-refractivity contribution >= 4 is 46.6 Å². The molecule has 0 atom stereocenters. The van der Waals surface area contributed by atoms with E-state index in [1.165, 1.54) is 36.4 Å². The molecule has 3 aromatic rings. The first-order chi connectivity index (χ1) is 15.8. The molecule has 0 fully saturated rings. The molecule has 1 aromatic heterocycles. The van der Waals surface area contributed by atoms with Gasteiger partial charge >= 0.3 is 0 Å². The number of hydrogen-bond acceptors (Lipinski definition) is 7. The van der Waals surface area contributed by atoms with E-state index in [1.54, 1.807) is 10.6 Å². The highest BCUT2D eigenvalue weighted by atomic mass is 35.5. The van der Waals surface area contributed by atoms with E-state index >= 15 is 0 Å². The molecule has 0 saturated carbocycles. The van der Waals surface area contributed by atoms with Crippen molar-refractivity contribution < 1.29 is 18.9 Å². The average Bonchev–Trinajstić information content (AvgIpc) is 3.19. The maximum atomic E-state index is 13.8. The number of aromatic nitrogens is 3. The summed E-state index contributed by atoms with van der Waals surface area (Å²) in [6.07, 6.45) is 0. The lowest BCUT2D eigenvalue weighted by Crippen LogP contribution is -2.25. The molecule has 10 nitrogen and oxygen atoms in total. The Labute approximate surface area is 196 Å². The first-order valence-corrected chi connectivity index (χ1v) is 11.0. The molecule has 0 saturated heterocycles. The van der Waals surface area contributed by atoms with E-state index in [0.717, 1.165) is 11.8 Å². The van der Waals surface area contributed by atoms with E-state index in [1.807, 2.05) is 6.92 Å². The summed E-state index contributed by atoms with van der Waals surface area (Å²) in [6, 6.07) is 9.38. The lowest BCUT2D eigenvalue weighted by Gasteiger charge is -2.09. The Morgan fingerprint density at radius 3 is 2.70 bits per heavy atom. The van der Waals surface area contributed by atoms with Crippen LogP contribution in [0.5, 0.6) is 0 Å². The van der Waals surface area contributed by atoms with Crippen LogP contribution in [-0.2, 0) is 17.9 Å². The van der Waals surface area contributed by atoms with Crippen molar-refractivity contribution in [2.24, 2.45) is 0 Å². The number of carbonyl (C=O) groups is 2. The normalized spacial score (nSPS) is 10.6. The van der Waals surface area contributed by atoms with Crippen LogP contribution in [0.15, 0.2) is 47.6 Å². The number of carbonyl (C=O) groups excluding carboxylic acids is 2.